The van der Waals surface area contributed by atoms with Gasteiger partial charge < -0.3 is 15.0 Å². The molecule has 3 rings (SSSR count). The van der Waals surface area contributed by atoms with Gasteiger partial charge in [-0.1, -0.05) is 24.3 Å². The molecule has 0 aliphatic carbocycles. The molecular weight excluding hydrogens is 362 g/mol. The summed E-state index contributed by atoms with van der Waals surface area (Å²) in [6.45, 7) is 0.655. The Balaban J connectivity index is 1.54. The van der Waals surface area contributed by atoms with Crippen LogP contribution in [-0.2, 0) is 16.1 Å². The number of ether oxygens (including phenoxy) is 1. The first kappa shape index (κ1) is 19.3. The van der Waals surface area contributed by atoms with Crippen LogP contribution in [0.25, 0.3) is 0 Å². The summed E-state index contributed by atoms with van der Waals surface area (Å²) < 4.78 is 5.28. The van der Waals surface area contributed by atoms with E-state index in [4.69, 9.17) is 4.74 Å². The molecular formula is C20H21N3O5. The van der Waals surface area contributed by atoms with Gasteiger partial charge in [-0.15, -0.1) is 0 Å². The molecule has 2 amide bonds. The van der Waals surface area contributed by atoms with Crippen molar-refractivity contribution in [2.45, 2.75) is 25.8 Å². The Kier molecular flexibility index (Phi) is 6.21. The highest BCUT2D eigenvalue weighted by Gasteiger charge is 2.19. The third-order valence-corrected chi connectivity index (χ3v) is 4.46. The van der Waals surface area contributed by atoms with E-state index in [1.54, 1.807) is 11.0 Å². The number of hydrogen-bond acceptors (Lipinski definition) is 5. The summed E-state index contributed by atoms with van der Waals surface area (Å²) in [7, 11) is 0. The zero-order valence-corrected chi connectivity index (χ0v) is 15.3. The van der Waals surface area contributed by atoms with E-state index in [0.717, 1.165) is 24.1 Å². The van der Waals surface area contributed by atoms with Gasteiger partial charge in [0.25, 0.3) is 5.91 Å². The van der Waals surface area contributed by atoms with E-state index in [2.05, 4.69) is 5.32 Å². The van der Waals surface area contributed by atoms with Gasteiger partial charge in [0, 0.05) is 31.3 Å². The molecule has 8 heteroatoms. The smallest absolute Gasteiger partial charge is 0.310 e. The molecule has 0 radical (unpaired) electrons. The first-order valence-corrected chi connectivity index (χ1v) is 9.07. The van der Waals surface area contributed by atoms with Crippen molar-refractivity contribution in [2.24, 2.45) is 0 Å². The van der Waals surface area contributed by atoms with Crippen LogP contribution in [0.4, 0.5) is 11.4 Å². The van der Waals surface area contributed by atoms with Crippen molar-refractivity contribution in [3.05, 3.63) is 64.2 Å². The number of carbonyl (C=O) groups excluding carboxylic acids is 2. The molecule has 0 atom stereocenters. The highest BCUT2D eigenvalue weighted by Crippen LogP contribution is 2.25. The molecule has 146 valence electrons. The van der Waals surface area contributed by atoms with Gasteiger partial charge in [0.15, 0.2) is 12.4 Å². The van der Waals surface area contributed by atoms with Crippen molar-refractivity contribution >= 4 is 23.2 Å². The van der Waals surface area contributed by atoms with Gasteiger partial charge in [0.05, 0.1) is 4.92 Å². The minimum atomic E-state index is -0.555. The van der Waals surface area contributed by atoms with E-state index in [0.29, 0.717) is 13.0 Å². The first-order chi connectivity index (χ1) is 13.5. The molecule has 1 saturated heterocycles. The fourth-order valence-corrected chi connectivity index (χ4v) is 3.04. The third-order valence-electron chi connectivity index (χ3n) is 4.46. The average molecular weight is 383 g/mol. The van der Waals surface area contributed by atoms with Crippen molar-refractivity contribution in [1.82, 2.24) is 5.32 Å². The van der Waals surface area contributed by atoms with Crippen molar-refractivity contribution in [3.63, 3.8) is 0 Å². The van der Waals surface area contributed by atoms with Crippen LogP contribution in [0.3, 0.4) is 0 Å². The van der Waals surface area contributed by atoms with Crippen LogP contribution in [-0.4, -0.2) is 29.9 Å². The summed E-state index contributed by atoms with van der Waals surface area (Å²) in [4.78, 5) is 36.3. The van der Waals surface area contributed by atoms with Gasteiger partial charge in [0.1, 0.15) is 0 Å². The van der Waals surface area contributed by atoms with Crippen LogP contribution in [0.2, 0.25) is 0 Å². The van der Waals surface area contributed by atoms with Gasteiger partial charge in [-0.2, -0.15) is 0 Å². The minimum absolute atomic E-state index is 0.0493. The summed E-state index contributed by atoms with van der Waals surface area (Å²) >= 11 is 0. The zero-order chi connectivity index (χ0) is 19.9. The number of piperidine rings is 1. The lowest BCUT2D eigenvalue weighted by Gasteiger charge is -2.27. The predicted molar refractivity (Wildman–Crippen MR) is 103 cm³/mol. The maximum absolute atomic E-state index is 12.1. The third kappa shape index (κ3) is 4.85. The quantitative estimate of drug-likeness (QED) is 0.585. The van der Waals surface area contributed by atoms with E-state index < -0.39 is 10.8 Å². The molecule has 1 fully saturated rings. The molecule has 8 nitrogen and oxygen atoms in total. The number of nitro groups is 1. The Bertz CT molecular complexity index is 884. The number of carbonyl (C=O) groups is 2. The maximum Gasteiger partial charge on any atom is 0.310 e. The van der Waals surface area contributed by atoms with E-state index in [9.17, 15) is 19.7 Å². The van der Waals surface area contributed by atoms with Crippen molar-refractivity contribution in [3.8, 4) is 5.75 Å². The predicted octanol–water partition coefficient (Wildman–Crippen LogP) is 2.81. The maximum atomic E-state index is 12.1. The van der Waals surface area contributed by atoms with Crippen LogP contribution in [0.5, 0.6) is 5.75 Å². The number of nitrogens with one attached hydrogen (secondary N) is 1. The first-order valence-electron chi connectivity index (χ1n) is 9.07. The Labute approximate surface area is 162 Å². The zero-order valence-electron chi connectivity index (χ0n) is 15.3. The number of amides is 2. The Morgan fingerprint density at radius 3 is 2.79 bits per heavy atom. The van der Waals surface area contributed by atoms with Crippen LogP contribution >= 0.6 is 0 Å². The highest BCUT2D eigenvalue weighted by atomic mass is 16.6. The second kappa shape index (κ2) is 8.98. The SMILES string of the molecule is O=C(COc1ccccc1[N+](=O)[O-])NCc1cccc(N2CCCCC2=O)c1. The summed E-state index contributed by atoms with van der Waals surface area (Å²) in [5.41, 5.74) is 1.50. The lowest BCUT2D eigenvalue weighted by molar-refractivity contribution is -0.385. The second-order valence-corrected chi connectivity index (χ2v) is 6.46. The van der Waals surface area contributed by atoms with Gasteiger partial charge in [-0.3, -0.25) is 19.7 Å². The molecule has 28 heavy (non-hydrogen) atoms. The molecule has 0 spiro atoms. The topological polar surface area (TPSA) is 102 Å². The van der Waals surface area contributed by atoms with Gasteiger partial charge in [-0.25, -0.2) is 0 Å². The number of rotatable bonds is 7. The fraction of sp³-hybridized carbons (Fsp3) is 0.300. The van der Waals surface area contributed by atoms with E-state index in [1.165, 1.54) is 18.2 Å². The van der Waals surface area contributed by atoms with Crippen molar-refractivity contribution in [2.75, 3.05) is 18.1 Å². The molecule has 2 aromatic carbocycles. The van der Waals surface area contributed by atoms with Crippen LogP contribution in [0.15, 0.2) is 48.5 Å². The standard InChI is InChI=1S/C20H21N3O5/c24-19(14-28-18-9-2-1-8-17(18)23(26)27)21-13-15-6-5-7-16(12-15)22-11-4-3-10-20(22)25/h1-2,5-9,12H,3-4,10-11,13-14H2,(H,21,24). The van der Waals surface area contributed by atoms with Crippen molar-refractivity contribution in [1.29, 1.82) is 0 Å². The largest absolute Gasteiger partial charge is 0.477 e. The molecule has 1 heterocycles. The lowest BCUT2D eigenvalue weighted by atomic mass is 10.1. The van der Waals surface area contributed by atoms with Gasteiger partial charge in [0.2, 0.25) is 5.91 Å². The minimum Gasteiger partial charge on any atom is -0.477 e. The van der Waals surface area contributed by atoms with Crippen LogP contribution < -0.4 is 15.0 Å². The monoisotopic (exact) mass is 383 g/mol. The van der Waals surface area contributed by atoms with E-state index >= 15 is 0 Å². The summed E-state index contributed by atoms with van der Waals surface area (Å²) in [5, 5.41) is 13.7. The van der Waals surface area contributed by atoms with Gasteiger partial charge in [-0.05, 0) is 36.6 Å². The average Bonchev–Trinajstić information content (AvgIpc) is 2.71. The summed E-state index contributed by atoms with van der Waals surface area (Å²) in [5.74, 6) is -0.226. The summed E-state index contributed by atoms with van der Waals surface area (Å²) in [6.07, 6.45) is 2.46. The number of anilines is 1. The molecule has 2 aromatic rings. The Hall–Kier alpha value is -3.42. The summed E-state index contributed by atoms with van der Waals surface area (Å²) in [6, 6.07) is 13.4. The molecule has 0 unspecified atom stereocenters. The molecule has 1 aliphatic rings. The second-order valence-electron chi connectivity index (χ2n) is 6.46. The molecule has 0 aromatic heterocycles. The van der Waals surface area contributed by atoms with Gasteiger partial charge >= 0.3 is 5.69 Å². The molecule has 0 bridgehead atoms. The van der Waals surface area contributed by atoms with Crippen LogP contribution in [0.1, 0.15) is 24.8 Å². The Morgan fingerprint density at radius 1 is 1.18 bits per heavy atom. The number of benzene rings is 2. The number of para-hydroxylation sites is 2. The van der Waals surface area contributed by atoms with Crippen LogP contribution in [0, 0.1) is 10.1 Å². The number of nitrogens with zero attached hydrogens (tertiary/aromatic N) is 2. The lowest BCUT2D eigenvalue weighted by Crippen LogP contribution is -2.35. The van der Waals surface area contributed by atoms with E-state index in [-0.39, 0.29) is 30.5 Å². The Morgan fingerprint density at radius 2 is 2.00 bits per heavy atom. The molecule has 1 aliphatic heterocycles. The normalized spacial score (nSPS) is 13.9. The molecule has 0 saturated carbocycles. The number of hydrogen-bond donors (Lipinski definition) is 1. The van der Waals surface area contributed by atoms with E-state index in [1.807, 2.05) is 24.3 Å². The van der Waals surface area contributed by atoms with Crippen molar-refractivity contribution < 1.29 is 19.2 Å². The number of nitro benzene ring substituents is 1. The highest BCUT2D eigenvalue weighted by molar-refractivity contribution is 5.94. The fourth-order valence-electron chi connectivity index (χ4n) is 3.04. The molecule has 1 N–H and O–H groups in total.